The molecule has 0 radical (unpaired) electrons. The summed E-state index contributed by atoms with van der Waals surface area (Å²) < 4.78 is 42.5. The van der Waals surface area contributed by atoms with Gasteiger partial charge in [-0.1, -0.05) is 17.7 Å². The first-order valence-corrected chi connectivity index (χ1v) is 12.0. The number of carbonyl (C=O) groups is 1. The Kier molecular flexibility index (Phi) is 6.06. The highest BCUT2D eigenvalue weighted by Crippen LogP contribution is 2.26. The van der Waals surface area contributed by atoms with E-state index in [4.69, 9.17) is 0 Å². The maximum absolute atomic E-state index is 13.5. The zero-order valence-corrected chi connectivity index (χ0v) is 19.5. The van der Waals surface area contributed by atoms with Crippen molar-refractivity contribution in [3.05, 3.63) is 69.5 Å². The Hall–Kier alpha value is -3.11. The molecule has 1 aromatic heterocycles. The van der Waals surface area contributed by atoms with Gasteiger partial charge in [0, 0.05) is 26.2 Å². The van der Waals surface area contributed by atoms with Crippen molar-refractivity contribution in [2.75, 3.05) is 26.2 Å². The molecule has 1 aliphatic heterocycles. The van der Waals surface area contributed by atoms with E-state index in [1.165, 1.54) is 27.7 Å². The minimum absolute atomic E-state index is 0.102. The summed E-state index contributed by atoms with van der Waals surface area (Å²) in [6.07, 6.45) is 1.27. The highest BCUT2D eigenvalue weighted by Gasteiger charge is 2.32. The van der Waals surface area contributed by atoms with E-state index in [0.29, 0.717) is 21.5 Å². The summed E-state index contributed by atoms with van der Waals surface area (Å²) in [5.74, 6) is -0.878. The van der Waals surface area contributed by atoms with Crippen LogP contribution in [0.25, 0.3) is 10.9 Å². The molecule has 8 nitrogen and oxygen atoms in total. The van der Waals surface area contributed by atoms with Crippen LogP contribution in [0.5, 0.6) is 0 Å². The first-order valence-electron chi connectivity index (χ1n) is 10.6. The van der Waals surface area contributed by atoms with Crippen LogP contribution in [0.4, 0.5) is 4.39 Å². The molecule has 174 valence electrons. The van der Waals surface area contributed by atoms with Gasteiger partial charge in [-0.05, 0) is 50.1 Å². The lowest BCUT2D eigenvalue weighted by atomic mass is 10.1. The standard InChI is InChI=1S/C23H25FN4O4S/c1-15-10-16(2)22(17(3)11-15)33(31,32)28-8-6-26(7-9-28)21(29)13-27-14-25-20-5-4-18(24)12-19(20)23(27)30/h4-5,10-12,14H,6-9,13H2,1-3H3. The molecule has 2 aromatic carbocycles. The Morgan fingerprint density at radius 3 is 2.30 bits per heavy atom. The Morgan fingerprint density at radius 2 is 1.67 bits per heavy atom. The Morgan fingerprint density at radius 1 is 1.03 bits per heavy atom. The van der Waals surface area contributed by atoms with Gasteiger partial charge in [0.1, 0.15) is 12.4 Å². The number of hydrogen-bond donors (Lipinski definition) is 0. The third kappa shape index (κ3) is 4.40. The van der Waals surface area contributed by atoms with Crippen LogP contribution in [-0.4, -0.2) is 59.3 Å². The number of fused-ring (bicyclic) bond motifs is 1. The fraction of sp³-hybridized carbons (Fsp3) is 0.348. The van der Waals surface area contributed by atoms with E-state index in [0.717, 1.165) is 16.2 Å². The molecule has 4 rings (SSSR count). The monoisotopic (exact) mass is 472 g/mol. The smallest absolute Gasteiger partial charge is 0.261 e. The number of nitrogens with zero attached hydrogens (tertiary/aromatic N) is 4. The molecule has 2 heterocycles. The van der Waals surface area contributed by atoms with Gasteiger partial charge in [0.15, 0.2) is 0 Å². The topological polar surface area (TPSA) is 92.6 Å². The van der Waals surface area contributed by atoms with Gasteiger partial charge in [-0.2, -0.15) is 4.31 Å². The molecule has 1 saturated heterocycles. The second kappa shape index (κ2) is 8.68. The van der Waals surface area contributed by atoms with Crippen LogP contribution in [0.3, 0.4) is 0 Å². The number of sulfonamides is 1. The summed E-state index contributed by atoms with van der Waals surface area (Å²) in [5, 5.41) is 0.102. The maximum Gasteiger partial charge on any atom is 0.261 e. The van der Waals surface area contributed by atoms with Crippen molar-refractivity contribution in [3.8, 4) is 0 Å². The molecule has 0 aliphatic carbocycles. The minimum Gasteiger partial charge on any atom is -0.338 e. The maximum atomic E-state index is 13.5. The van der Waals surface area contributed by atoms with Crippen LogP contribution in [0, 0.1) is 26.6 Å². The molecule has 0 N–H and O–H groups in total. The number of benzene rings is 2. The molecular formula is C23H25FN4O4S. The Bertz CT molecular complexity index is 1390. The van der Waals surface area contributed by atoms with E-state index in [1.54, 1.807) is 13.8 Å². The van der Waals surface area contributed by atoms with Crippen LogP contribution in [0.2, 0.25) is 0 Å². The zero-order valence-electron chi connectivity index (χ0n) is 18.7. The number of hydrogen-bond acceptors (Lipinski definition) is 5. The molecule has 1 aliphatic rings. The number of aromatic nitrogens is 2. The third-order valence-corrected chi connectivity index (χ3v) is 8.09. The van der Waals surface area contributed by atoms with Crippen molar-refractivity contribution >= 4 is 26.8 Å². The average Bonchev–Trinajstić information content (AvgIpc) is 2.75. The molecule has 0 spiro atoms. The second-order valence-corrected chi connectivity index (χ2v) is 10.2. The van der Waals surface area contributed by atoms with Crippen LogP contribution < -0.4 is 5.56 Å². The summed E-state index contributed by atoms with van der Waals surface area (Å²) in [6, 6.07) is 7.43. The molecule has 0 saturated carbocycles. The number of aryl methyl sites for hydroxylation is 3. The summed E-state index contributed by atoms with van der Waals surface area (Å²) in [6.45, 7) is 6.00. The molecule has 3 aromatic rings. The molecule has 0 unspecified atom stereocenters. The van der Waals surface area contributed by atoms with Crippen molar-refractivity contribution in [2.24, 2.45) is 0 Å². The largest absolute Gasteiger partial charge is 0.338 e. The summed E-state index contributed by atoms with van der Waals surface area (Å²) in [4.78, 5) is 31.4. The molecule has 33 heavy (non-hydrogen) atoms. The van der Waals surface area contributed by atoms with E-state index < -0.39 is 21.4 Å². The minimum atomic E-state index is -3.69. The fourth-order valence-electron chi connectivity index (χ4n) is 4.37. The van der Waals surface area contributed by atoms with Crippen LogP contribution in [0.1, 0.15) is 16.7 Å². The van der Waals surface area contributed by atoms with Gasteiger partial charge in [-0.25, -0.2) is 17.8 Å². The molecular weight excluding hydrogens is 447 g/mol. The van der Waals surface area contributed by atoms with Crippen molar-refractivity contribution in [1.29, 1.82) is 0 Å². The molecule has 0 atom stereocenters. The van der Waals surface area contributed by atoms with Crippen molar-refractivity contribution in [3.63, 3.8) is 0 Å². The second-order valence-electron chi connectivity index (χ2n) is 8.35. The average molecular weight is 473 g/mol. The highest BCUT2D eigenvalue weighted by molar-refractivity contribution is 7.89. The van der Waals surface area contributed by atoms with Crippen LogP contribution in [0.15, 0.2) is 46.3 Å². The molecule has 1 fully saturated rings. The van der Waals surface area contributed by atoms with Gasteiger partial charge in [-0.3, -0.25) is 14.2 Å². The number of carbonyl (C=O) groups excluding carboxylic acids is 1. The van der Waals surface area contributed by atoms with Crippen molar-refractivity contribution in [1.82, 2.24) is 18.8 Å². The van der Waals surface area contributed by atoms with Gasteiger partial charge in [0.2, 0.25) is 15.9 Å². The molecule has 0 bridgehead atoms. The first-order chi connectivity index (χ1) is 15.6. The Balaban J connectivity index is 1.47. The SMILES string of the molecule is Cc1cc(C)c(S(=O)(=O)N2CCN(C(=O)Cn3cnc4ccc(F)cc4c3=O)CC2)c(C)c1. The lowest BCUT2D eigenvalue weighted by Gasteiger charge is -2.34. The van der Waals surface area contributed by atoms with Crippen LogP contribution >= 0.6 is 0 Å². The van der Waals surface area contributed by atoms with Gasteiger partial charge in [-0.15, -0.1) is 0 Å². The van der Waals surface area contributed by atoms with E-state index in [9.17, 15) is 22.4 Å². The number of halogens is 1. The summed E-state index contributed by atoms with van der Waals surface area (Å²) in [7, 11) is -3.69. The van der Waals surface area contributed by atoms with Crippen LogP contribution in [-0.2, 0) is 21.4 Å². The lowest BCUT2D eigenvalue weighted by Crippen LogP contribution is -2.51. The highest BCUT2D eigenvalue weighted by atomic mass is 32.2. The number of amides is 1. The van der Waals surface area contributed by atoms with Crippen molar-refractivity contribution in [2.45, 2.75) is 32.2 Å². The quantitative estimate of drug-likeness (QED) is 0.579. The third-order valence-electron chi connectivity index (χ3n) is 5.89. The van der Waals surface area contributed by atoms with Gasteiger partial charge in [0.25, 0.3) is 5.56 Å². The normalized spacial score (nSPS) is 15.2. The summed E-state index contributed by atoms with van der Waals surface area (Å²) >= 11 is 0. The van der Waals surface area contributed by atoms with E-state index >= 15 is 0 Å². The van der Waals surface area contributed by atoms with Gasteiger partial charge >= 0.3 is 0 Å². The fourth-order valence-corrected chi connectivity index (χ4v) is 6.20. The molecule has 10 heteroatoms. The molecule has 1 amide bonds. The van der Waals surface area contributed by atoms with Crippen molar-refractivity contribution < 1.29 is 17.6 Å². The number of rotatable bonds is 4. The van der Waals surface area contributed by atoms with E-state index in [-0.39, 0.29) is 44.0 Å². The number of piperazine rings is 1. The van der Waals surface area contributed by atoms with E-state index in [2.05, 4.69) is 4.98 Å². The lowest BCUT2D eigenvalue weighted by molar-refractivity contribution is -0.133. The van der Waals surface area contributed by atoms with Gasteiger partial charge in [0.05, 0.1) is 22.1 Å². The van der Waals surface area contributed by atoms with E-state index in [1.807, 2.05) is 19.1 Å². The van der Waals surface area contributed by atoms with Gasteiger partial charge < -0.3 is 4.90 Å². The zero-order chi connectivity index (χ0) is 23.9. The predicted molar refractivity (Wildman–Crippen MR) is 122 cm³/mol. The Labute approximate surface area is 191 Å². The first kappa shape index (κ1) is 23.1. The predicted octanol–water partition coefficient (Wildman–Crippen LogP) is 1.99. The summed E-state index contributed by atoms with van der Waals surface area (Å²) in [5.41, 5.74) is 2.25.